The summed E-state index contributed by atoms with van der Waals surface area (Å²) in [5.41, 5.74) is -0.798. The Morgan fingerprint density at radius 2 is 1.18 bits per heavy atom. The van der Waals surface area contributed by atoms with Gasteiger partial charge in [0.05, 0.1) is 0 Å². The molecular formula is C28H47NO9S. The van der Waals surface area contributed by atoms with Crippen LogP contribution in [-0.4, -0.2) is 76.8 Å². The van der Waals surface area contributed by atoms with E-state index < -0.39 is 59.5 Å². The molecule has 11 heteroatoms. The highest BCUT2D eigenvalue weighted by Crippen LogP contribution is 2.36. The summed E-state index contributed by atoms with van der Waals surface area (Å²) in [6.07, 6.45) is 8.49. The van der Waals surface area contributed by atoms with Crippen LogP contribution in [0, 0.1) is 0 Å². The third kappa shape index (κ3) is 13.2. The second-order valence-corrected chi connectivity index (χ2v) is 11.2. The summed E-state index contributed by atoms with van der Waals surface area (Å²) in [4.78, 5) is 61.7. The molecule has 1 aliphatic rings. The lowest BCUT2D eigenvalue weighted by Gasteiger charge is -2.47. The summed E-state index contributed by atoms with van der Waals surface area (Å²) >= 11 is 1.40. The smallest absolute Gasteiger partial charge is 0.303 e. The first-order valence-electron chi connectivity index (χ1n) is 14.0. The fourth-order valence-corrected chi connectivity index (χ4v) is 6.02. The lowest BCUT2D eigenvalue weighted by molar-refractivity contribution is -0.221. The highest BCUT2D eigenvalue weighted by atomic mass is 32.2. The van der Waals surface area contributed by atoms with E-state index in [9.17, 15) is 24.0 Å². The molecule has 39 heavy (non-hydrogen) atoms. The molecule has 1 aliphatic heterocycles. The van der Waals surface area contributed by atoms with Crippen molar-refractivity contribution in [2.45, 2.75) is 136 Å². The minimum Gasteiger partial charge on any atom is -0.463 e. The molecule has 5 atom stereocenters. The van der Waals surface area contributed by atoms with Crippen molar-refractivity contribution >= 4 is 41.5 Å². The molecule has 0 aromatic carbocycles. The Labute approximate surface area is 237 Å². The number of thioether (sulfide) groups is 1. The fraction of sp³-hybridized carbons (Fsp3) is 0.821. The van der Waals surface area contributed by atoms with Crippen LogP contribution in [0.2, 0.25) is 0 Å². The average Bonchev–Trinajstić information content (AvgIpc) is 2.83. The summed E-state index contributed by atoms with van der Waals surface area (Å²) < 4.78 is 22.4. The predicted octanol–water partition coefficient (Wildman–Crippen LogP) is 4.56. The van der Waals surface area contributed by atoms with Crippen LogP contribution in [0.5, 0.6) is 0 Å². The number of unbranched alkanes of at least 4 members (excludes halogenated alkanes) is 9. The van der Waals surface area contributed by atoms with E-state index >= 15 is 0 Å². The second kappa shape index (κ2) is 19.0. The summed E-state index contributed by atoms with van der Waals surface area (Å²) in [6, 6.07) is -1.05. The van der Waals surface area contributed by atoms with Gasteiger partial charge in [-0.3, -0.25) is 28.9 Å². The van der Waals surface area contributed by atoms with Crippen LogP contribution in [0.4, 0.5) is 0 Å². The average molecular weight is 574 g/mol. The maximum absolute atomic E-state index is 12.6. The normalized spacial score (nSPS) is 22.6. The number of carbonyl (C=O) groups is 5. The molecule has 0 unspecified atom stereocenters. The van der Waals surface area contributed by atoms with E-state index in [1.165, 1.54) is 91.3 Å². The molecule has 0 N–H and O–H groups in total. The van der Waals surface area contributed by atoms with Gasteiger partial charge in [-0.1, -0.05) is 64.7 Å². The van der Waals surface area contributed by atoms with Crippen molar-refractivity contribution in [3.05, 3.63) is 0 Å². The second-order valence-electron chi connectivity index (χ2n) is 9.95. The van der Waals surface area contributed by atoms with E-state index in [0.717, 1.165) is 24.2 Å². The number of carbonyl (C=O) groups excluding carboxylic acids is 5. The van der Waals surface area contributed by atoms with Gasteiger partial charge >= 0.3 is 17.9 Å². The van der Waals surface area contributed by atoms with Crippen molar-refractivity contribution < 1.29 is 42.9 Å². The Bertz CT molecular complexity index is 792. The van der Waals surface area contributed by atoms with Gasteiger partial charge in [-0.2, -0.15) is 0 Å². The summed E-state index contributed by atoms with van der Waals surface area (Å²) in [5, 5.41) is 0. The van der Waals surface area contributed by atoms with E-state index in [4.69, 9.17) is 18.9 Å². The zero-order chi connectivity index (χ0) is 29.4. The molecule has 10 nitrogen and oxygen atoms in total. The number of imide groups is 1. The van der Waals surface area contributed by atoms with Gasteiger partial charge in [0.15, 0.2) is 12.2 Å². The van der Waals surface area contributed by atoms with Crippen molar-refractivity contribution in [3.63, 3.8) is 0 Å². The molecule has 0 aromatic heterocycles. The van der Waals surface area contributed by atoms with E-state index in [-0.39, 0.29) is 6.61 Å². The molecule has 0 spiro atoms. The number of hydrogen-bond donors (Lipinski definition) is 0. The number of hydrogen-bond acceptors (Lipinski definition) is 10. The van der Waals surface area contributed by atoms with Gasteiger partial charge in [0.1, 0.15) is 24.2 Å². The SMILES string of the molecule is CCCCCCCCCCCCS[C@@H]1O[C@H](COC(C)=O)[C@@H](OC(C)=O)[C@H](OC(C)=O)[C@H]1N(C(C)=O)C(C)=O. The standard InChI is InChI=1S/C28H47NO9S/c1-7-8-9-10-11-12-13-14-15-16-17-39-28-25(29(19(2)30)20(3)31)27(37-23(6)34)26(36-22(5)33)24(38-28)18-35-21(4)32/h24-28H,7-18H2,1-6H3/t24-,25-,26-,27-,28+/m1/s1. The zero-order valence-electron chi connectivity index (χ0n) is 24.4. The summed E-state index contributed by atoms with van der Waals surface area (Å²) in [7, 11) is 0. The van der Waals surface area contributed by atoms with Crippen LogP contribution in [0.15, 0.2) is 0 Å². The Kier molecular flexibility index (Phi) is 17.0. The quantitative estimate of drug-likeness (QED) is 0.139. The van der Waals surface area contributed by atoms with Gasteiger partial charge in [-0.15, -0.1) is 11.8 Å². The van der Waals surface area contributed by atoms with Crippen molar-refractivity contribution in [1.29, 1.82) is 0 Å². The molecule has 0 aliphatic carbocycles. The van der Waals surface area contributed by atoms with Crippen LogP contribution in [0.1, 0.15) is 106 Å². The largest absolute Gasteiger partial charge is 0.463 e. The Morgan fingerprint density at radius 1 is 0.692 bits per heavy atom. The Morgan fingerprint density at radius 3 is 1.64 bits per heavy atom. The van der Waals surface area contributed by atoms with Crippen molar-refractivity contribution in [1.82, 2.24) is 4.90 Å². The molecule has 1 rings (SSSR count). The molecule has 2 amide bonds. The van der Waals surface area contributed by atoms with Crippen LogP contribution < -0.4 is 0 Å². The first-order chi connectivity index (χ1) is 18.5. The first kappa shape index (κ1) is 34.9. The van der Waals surface area contributed by atoms with Crippen molar-refractivity contribution in [2.24, 2.45) is 0 Å². The summed E-state index contributed by atoms with van der Waals surface area (Å²) in [6.45, 7) is 8.04. The number of esters is 3. The minimum atomic E-state index is -1.21. The maximum Gasteiger partial charge on any atom is 0.303 e. The molecule has 0 aromatic rings. The maximum atomic E-state index is 12.6. The van der Waals surface area contributed by atoms with Gasteiger partial charge in [-0.05, 0) is 12.2 Å². The molecule has 0 radical (unpaired) electrons. The number of rotatable bonds is 17. The molecular weight excluding hydrogens is 526 g/mol. The van der Waals surface area contributed by atoms with Crippen LogP contribution in [-0.2, 0) is 42.9 Å². The van der Waals surface area contributed by atoms with E-state index in [1.807, 2.05) is 0 Å². The van der Waals surface area contributed by atoms with Crippen molar-refractivity contribution in [3.8, 4) is 0 Å². The van der Waals surface area contributed by atoms with Gasteiger partial charge in [0.2, 0.25) is 11.8 Å². The molecule has 0 saturated carbocycles. The Hall–Kier alpha value is -2.14. The predicted molar refractivity (Wildman–Crippen MR) is 148 cm³/mol. The highest BCUT2D eigenvalue weighted by Gasteiger charge is 2.54. The lowest BCUT2D eigenvalue weighted by Crippen LogP contribution is -2.66. The minimum absolute atomic E-state index is 0.257. The van der Waals surface area contributed by atoms with Crippen LogP contribution in [0.3, 0.4) is 0 Å². The fourth-order valence-electron chi connectivity index (χ4n) is 4.72. The number of ether oxygens (including phenoxy) is 4. The third-order valence-electron chi connectivity index (χ3n) is 6.43. The van der Waals surface area contributed by atoms with E-state index in [2.05, 4.69) is 6.92 Å². The molecule has 1 heterocycles. The topological polar surface area (TPSA) is 126 Å². The van der Waals surface area contributed by atoms with Gasteiger partial charge in [0, 0.05) is 34.6 Å². The van der Waals surface area contributed by atoms with E-state index in [1.54, 1.807) is 0 Å². The molecule has 1 fully saturated rings. The molecule has 224 valence electrons. The number of amides is 2. The first-order valence-corrected chi connectivity index (χ1v) is 15.1. The van der Waals surface area contributed by atoms with Crippen LogP contribution in [0.25, 0.3) is 0 Å². The third-order valence-corrected chi connectivity index (χ3v) is 7.67. The van der Waals surface area contributed by atoms with Crippen molar-refractivity contribution in [2.75, 3.05) is 12.4 Å². The molecule has 1 saturated heterocycles. The summed E-state index contributed by atoms with van der Waals surface area (Å²) in [5.74, 6) is -2.36. The monoisotopic (exact) mass is 573 g/mol. The van der Waals surface area contributed by atoms with E-state index in [0.29, 0.717) is 5.75 Å². The van der Waals surface area contributed by atoms with Gasteiger partial charge in [-0.25, -0.2) is 0 Å². The van der Waals surface area contributed by atoms with Gasteiger partial charge in [0.25, 0.3) is 0 Å². The van der Waals surface area contributed by atoms with Gasteiger partial charge < -0.3 is 18.9 Å². The lowest BCUT2D eigenvalue weighted by atomic mass is 9.95. The zero-order valence-corrected chi connectivity index (χ0v) is 25.2. The van der Waals surface area contributed by atoms with Crippen LogP contribution >= 0.6 is 11.8 Å². The molecule has 0 bridgehead atoms. The number of nitrogens with zero attached hydrogens (tertiary/aromatic N) is 1. The Balaban J connectivity index is 3.02. The highest BCUT2D eigenvalue weighted by molar-refractivity contribution is 7.99.